The number of hydrogen-bond donors (Lipinski definition) is 2. The van der Waals surface area contributed by atoms with Crippen molar-refractivity contribution in [1.29, 1.82) is 0 Å². The van der Waals surface area contributed by atoms with Gasteiger partial charge < -0.3 is 10.4 Å². The highest BCUT2D eigenvalue weighted by Gasteiger charge is 2.37. The quantitative estimate of drug-likeness (QED) is 0.889. The lowest BCUT2D eigenvalue weighted by molar-refractivity contribution is -0.00309. The van der Waals surface area contributed by atoms with Gasteiger partial charge in [-0.3, -0.25) is 4.79 Å². The summed E-state index contributed by atoms with van der Waals surface area (Å²) in [5, 5.41) is 12.2. The summed E-state index contributed by atoms with van der Waals surface area (Å²) in [4.78, 5) is 11.8. The van der Waals surface area contributed by atoms with Crippen LogP contribution in [0.4, 0.5) is 13.2 Å². The van der Waals surface area contributed by atoms with Crippen LogP contribution in [-0.4, -0.2) is 22.2 Å². The van der Waals surface area contributed by atoms with Crippen LogP contribution >= 0.6 is 0 Å². The van der Waals surface area contributed by atoms with Crippen molar-refractivity contribution >= 4 is 5.91 Å². The molecule has 0 saturated carbocycles. The maximum atomic E-state index is 13.4. The fraction of sp³-hybridized carbons (Fsp3) is 0.462. The van der Waals surface area contributed by atoms with Crippen molar-refractivity contribution in [1.82, 2.24) is 5.32 Å². The van der Waals surface area contributed by atoms with E-state index in [-0.39, 0.29) is 0 Å². The molecule has 3 nitrogen and oxygen atoms in total. The number of benzene rings is 1. The summed E-state index contributed by atoms with van der Waals surface area (Å²) in [5.41, 5.74) is -3.31. The minimum atomic E-state index is -1.31. The first-order chi connectivity index (χ1) is 8.45. The van der Waals surface area contributed by atoms with Gasteiger partial charge in [-0.05, 0) is 27.7 Å². The van der Waals surface area contributed by atoms with Crippen molar-refractivity contribution in [3.05, 3.63) is 35.1 Å². The molecular formula is C13H16F3NO2. The Kier molecular flexibility index (Phi) is 3.95. The lowest BCUT2D eigenvalue weighted by Crippen LogP contribution is -2.57. The molecule has 106 valence electrons. The Labute approximate surface area is 109 Å². The second-order valence-electron chi connectivity index (χ2n) is 5.38. The third-order valence-electron chi connectivity index (χ3n) is 3.19. The van der Waals surface area contributed by atoms with E-state index in [0.717, 1.165) is 0 Å². The zero-order valence-corrected chi connectivity index (χ0v) is 11.1. The highest BCUT2D eigenvalue weighted by Crippen LogP contribution is 2.22. The fourth-order valence-electron chi connectivity index (χ4n) is 1.26. The molecule has 0 aliphatic rings. The van der Waals surface area contributed by atoms with Crippen molar-refractivity contribution in [3.63, 3.8) is 0 Å². The third kappa shape index (κ3) is 3.26. The normalized spacial score (nSPS) is 12.4. The number of rotatable bonds is 3. The predicted octanol–water partition coefficient (Wildman–Crippen LogP) is 2.38. The minimum Gasteiger partial charge on any atom is -0.388 e. The van der Waals surface area contributed by atoms with Crippen LogP contribution < -0.4 is 5.32 Å². The van der Waals surface area contributed by atoms with E-state index in [2.05, 4.69) is 5.32 Å². The van der Waals surface area contributed by atoms with Crippen LogP contribution in [0.1, 0.15) is 38.1 Å². The Balaban J connectivity index is 3.10. The minimum absolute atomic E-state index is 0.426. The molecule has 0 saturated heterocycles. The van der Waals surface area contributed by atoms with Crippen molar-refractivity contribution in [2.45, 2.75) is 38.8 Å². The number of halogens is 3. The molecule has 2 N–H and O–H groups in total. The molecule has 1 amide bonds. The van der Waals surface area contributed by atoms with Crippen LogP contribution in [0.15, 0.2) is 12.1 Å². The molecule has 0 aromatic heterocycles. The van der Waals surface area contributed by atoms with E-state index in [9.17, 15) is 23.1 Å². The number of nitrogens with one attached hydrogen (secondary N) is 1. The molecule has 1 aromatic carbocycles. The summed E-state index contributed by atoms with van der Waals surface area (Å²) in [7, 11) is 0. The predicted molar refractivity (Wildman–Crippen MR) is 64.2 cm³/mol. The first-order valence-electron chi connectivity index (χ1n) is 5.65. The van der Waals surface area contributed by atoms with Gasteiger partial charge in [0.15, 0.2) is 0 Å². The third-order valence-corrected chi connectivity index (χ3v) is 3.19. The fourth-order valence-corrected chi connectivity index (χ4v) is 1.26. The smallest absolute Gasteiger partial charge is 0.257 e. The lowest BCUT2D eigenvalue weighted by atomic mass is 9.85. The standard InChI is InChI=1S/C13H16F3NO2/c1-12(2,13(3,4)19)17-11(18)10-8(15)5-7(14)6-9(10)16/h5-6,19H,1-4H3,(H,17,18). The first-order valence-corrected chi connectivity index (χ1v) is 5.65. The van der Waals surface area contributed by atoms with Gasteiger partial charge in [0.2, 0.25) is 0 Å². The van der Waals surface area contributed by atoms with Gasteiger partial charge in [0.05, 0.1) is 11.1 Å². The van der Waals surface area contributed by atoms with E-state index in [4.69, 9.17) is 0 Å². The van der Waals surface area contributed by atoms with Crippen LogP contribution in [0, 0.1) is 17.5 Å². The molecule has 1 aromatic rings. The molecule has 6 heteroatoms. The van der Waals surface area contributed by atoms with Gasteiger partial charge in [0.1, 0.15) is 23.0 Å². The van der Waals surface area contributed by atoms with Crippen LogP contribution in [0.3, 0.4) is 0 Å². The molecule has 1 rings (SSSR count). The van der Waals surface area contributed by atoms with Gasteiger partial charge in [-0.1, -0.05) is 0 Å². The summed E-state index contributed by atoms with van der Waals surface area (Å²) >= 11 is 0. The topological polar surface area (TPSA) is 49.3 Å². The number of aliphatic hydroxyl groups is 1. The van der Waals surface area contributed by atoms with Gasteiger partial charge in [-0.2, -0.15) is 0 Å². The molecule has 0 spiro atoms. The molecule has 0 fully saturated rings. The first kappa shape index (κ1) is 15.5. The van der Waals surface area contributed by atoms with Gasteiger partial charge in [-0.25, -0.2) is 13.2 Å². The maximum Gasteiger partial charge on any atom is 0.257 e. The maximum absolute atomic E-state index is 13.4. The van der Waals surface area contributed by atoms with Gasteiger partial charge in [0.25, 0.3) is 5.91 Å². The van der Waals surface area contributed by atoms with E-state index >= 15 is 0 Å². The lowest BCUT2D eigenvalue weighted by Gasteiger charge is -2.38. The van der Waals surface area contributed by atoms with E-state index in [0.29, 0.717) is 12.1 Å². The zero-order valence-electron chi connectivity index (χ0n) is 11.1. The van der Waals surface area contributed by atoms with Gasteiger partial charge >= 0.3 is 0 Å². The number of carbonyl (C=O) groups is 1. The molecule has 0 bridgehead atoms. The monoisotopic (exact) mass is 275 g/mol. The van der Waals surface area contributed by atoms with Crippen LogP contribution in [0.25, 0.3) is 0 Å². The van der Waals surface area contributed by atoms with E-state index in [1.54, 1.807) is 0 Å². The molecule has 0 heterocycles. The Hall–Kier alpha value is -1.56. The molecule has 0 aliphatic heterocycles. The Morgan fingerprint density at radius 2 is 1.53 bits per heavy atom. The Morgan fingerprint density at radius 1 is 1.11 bits per heavy atom. The van der Waals surface area contributed by atoms with Crippen LogP contribution in [0.5, 0.6) is 0 Å². The molecule has 0 aliphatic carbocycles. The average molecular weight is 275 g/mol. The molecular weight excluding hydrogens is 259 g/mol. The van der Waals surface area contributed by atoms with E-state index in [1.165, 1.54) is 27.7 Å². The molecule has 0 atom stereocenters. The molecule has 19 heavy (non-hydrogen) atoms. The summed E-state index contributed by atoms with van der Waals surface area (Å²) in [6, 6.07) is 0.851. The molecule has 0 unspecified atom stereocenters. The zero-order chi connectivity index (χ0) is 15.0. The highest BCUT2D eigenvalue weighted by molar-refractivity contribution is 5.95. The second kappa shape index (κ2) is 4.85. The van der Waals surface area contributed by atoms with E-state index < -0.39 is 40.1 Å². The van der Waals surface area contributed by atoms with Crippen molar-refractivity contribution in [2.24, 2.45) is 0 Å². The summed E-state index contributed by atoms with van der Waals surface area (Å²) in [6.45, 7) is 5.91. The van der Waals surface area contributed by atoms with Crippen molar-refractivity contribution < 1.29 is 23.1 Å². The highest BCUT2D eigenvalue weighted by atomic mass is 19.1. The molecule has 0 radical (unpaired) electrons. The summed E-state index contributed by atoms with van der Waals surface area (Å²) in [6.07, 6.45) is 0. The summed E-state index contributed by atoms with van der Waals surface area (Å²) in [5.74, 6) is -4.74. The number of amides is 1. The Morgan fingerprint density at radius 3 is 1.89 bits per heavy atom. The van der Waals surface area contributed by atoms with E-state index in [1.807, 2.05) is 0 Å². The number of carbonyl (C=O) groups excluding carboxylic acids is 1. The number of hydrogen-bond acceptors (Lipinski definition) is 2. The van der Waals surface area contributed by atoms with Crippen LogP contribution in [-0.2, 0) is 0 Å². The summed E-state index contributed by atoms with van der Waals surface area (Å²) < 4.78 is 39.6. The van der Waals surface area contributed by atoms with Gasteiger partial charge in [-0.15, -0.1) is 0 Å². The van der Waals surface area contributed by atoms with Crippen LogP contribution in [0.2, 0.25) is 0 Å². The van der Waals surface area contributed by atoms with Crippen molar-refractivity contribution in [2.75, 3.05) is 0 Å². The SMILES string of the molecule is CC(C)(O)C(C)(C)NC(=O)c1c(F)cc(F)cc1F. The van der Waals surface area contributed by atoms with Crippen molar-refractivity contribution in [3.8, 4) is 0 Å². The average Bonchev–Trinajstić information content (AvgIpc) is 2.12. The Bertz CT molecular complexity index is 484. The largest absolute Gasteiger partial charge is 0.388 e. The van der Waals surface area contributed by atoms with Gasteiger partial charge in [0, 0.05) is 12.1 Å². The second-order valence-corrected chi connectivity index (χ2v) is 5.38.